The number of benzene rings is 1. The Morgan fingerprint density at radius 3 is 2.17 bits per heavy atom. The standard InChI is InChI=1S/C16H26O2/c1-6-16(4,5)14-7-9-15(10-8-14)18-13(3)11-12(2)17/h7-10,12-13,17H,6,11H2,1-5H3. The Balaban J connectivity index is 2.66. The summed E-state index contributed by atoms with van der Waals surface area (Å²) in [6.07, 6.45) is 1.49. The second-order valence-electron chi connectivity index (χ2n) is 5.78. The van der Waals surface area contributed by atoms with Gasteiger partial charge in [-0.3, -0.25) is 0 Å². The van der Waals surface area contributed by atoms with E-state index in [1.807, 2.05) is 19.1 Å². The van der Waals surface area contributed by atoms with Crippen LogP contribution in [0, 0.1) is 0 Å². The van der Waals surface area contributed by atoms with Gasteiger partial charge >= 0.3 is 0 Å². The summed E-state index contributed by atoms with van der Waals surface area (Å²) in [7, 11) is 0. The lowest BCUT2D eigenvalue weighted by atomic mass is 9.82. The van der Waals surface area contributed by atoms with Crippen LogP contribution >= 0.6 is 0 Å². The molecule has 2 atom stereocenters. The predicted molar refractivity (Wildman–Crippen MR) is 76.1 cm³/mol. The number of aliphatic hydroxyl groups is 1. The summed E-state index contributed by atoms with van der Waals surface area (Å²) in [6, 6.07) is 8.30. The van der Waals surface area contributed by atoms with Gasteiger partial charge in [0.1, 0.15) is 5.75 Å². The molecule has 0 saturated carbocycles. The van der Waals surface area contributed by atoms with Gasteiger partial charge in [-0.2, -0.15) is 0 Å². The highest BCUT2D eigenvalue weighted by Gasteiger charge is 2.17. The van der Waals surface area contributed by atoms with Gasteiger partial charge in [-0.1, -0.05) is 32.9 Å². The van der Waals surface area contributed by atoms with Crippen LogP contribution in [0.4, 0.5) is 0 Å². The Morgan fingerprint density at radius 2 is 1.72 bits per heavy atom. The molecule has 2 unspecified atom stereocenters. The summed E-state index contributed by atoms with van der Waals surface area (Å²) < 4.78 is 5.77. The van der Waals surface area contributed by atoms with Crippen LogP contribution in [0.2, 0.25) is 0 Å². The minimum absolute atomic E-state index is 0.0371. The zero-order valence-corrected chi connectivity index (χ0v) is 12.2. The fourth-order valence-electron chi connectivity index (χ4n) is 1.95. The first-order valence-electron chi connectivity index (χ1n) is 6.80. The molecule has 0 spiro atoms. The normalized spacial score (nSPS) is 15.2. The van der Waals surface area contributed by atoms with E-state index in [0.29, 0.717) is 6.42 Å². The van der Waals surface area contributed by atoms with Gasteiger partial charge in [-0.25, -0.2) is 0 Å². The van der Waals surface area contributed by atoms with Gasteiger partial charge in [0, 0.05) is 6.42 Å². The first-order valence-corrected chi connectivity index (χ1v) is 6.80. The van der Waals surface area contributed by atoms with E-state index in [1.54, 1.807) is 6.92 Å². The lowest BCUT2D eigenvalue weighted by Gasteiger charge is -2.24. The molecule has 0 radical (unpaired) electrons. The number of hydrogen-bond acceptors (Lipinski definition) is 2. The van der Waals surface area contributed by atoms with Gasteiger partial charge in [-0.15, -0.1) is 0 Å². The van der Waals surface area contributed by atoms with Crippen LogP contribution < -0.4 is 4.74 Å². The van der Waals surface area contributed by atoms with E-state index in [-0.39, 0.29) is 17.6 Å². The van der Waals surface area contributed by atoms with Crippen molar-refractivity contribution in [3.8, 4) is 5.75 Å². The average Bonchev–Trinajstić information content (AvgIpc) is 2.28. The molecule has 0 aliphatic carbocycles. The molecule has 1 aromatic carbocycles. The maximum absolute atomic E-state index is 9.30. The van der Waals surface area contributed by atoms with E-state index in [9.17, 15) is 5.11 Å². The smallest absolute Gasteiger partial charge is 0.119 e. The Labute approximate surface area is 111 Å². The zero-order valence-electron chi connectivity index (χ0n) is 12.2. The number of hydrogen-bond donors (Lipinski definition) is 1. The maximum Gasteiger partial charge on any atom is 0.119 e. The number of ether oxygens (including phenoxy) is 1. The highest BCUT2D eigenvalue weighted by molar-refractivity contribution is 5.31. The molecular formula is C16H26O2. The lowest BCUT2D eigenvalue weighted by molar-refractivity contribution is 0.115. The predicted octanol–water partition coefficient (Wildman–Crippen LogP) is 3.91. The van der Waals surface area contributed by atoms with Gasteiger partial charge < -0.3 is 9.84 Å². The third kappa shape index (κ3) is 4.34. The second-order valence-corrected chi connectivity index (χ2v) is 5.78. The quantitative estimate of drug-likeness (QED) is 0.829. The van der Waals surface area contributed by atoms with Gasteiger partial charge in [0.05, 0.1) is 12.2 Å². The van der Waals surface area contributed by atoms with Gasteiger partial charge in [-0.05, 0) is 43.4 Å². The van der Waals surface area contributed by atoms with E-state index in [1.165, 1.54) is 5.56 Å². The molecule has 2 heteroatoms. The van der Waals surface area contributed by atoms with Crippen molar-refractivity contribution in [2.75, 3.05) is 0 Å². The Bertz CT molecular complexity index is 352. The summed E-state index contributed by atoms with van der Waals surface area (Å²) in [6.45, 7) is 10.5. The van der Waals surface area contributed by atoms with Crippen molar-refractivity contribution in [2.45, 2.75) is 65.1 Å². The van der Waals surface area contributed by atoms with E-state index in [4.69, 9.17) is 4.74 Å². The van der Waals surface area contributed by atoms with Crippen LogP contribution in [0.1, 0.15) is 53.0 Å². The molecule has 0 saturated heterocycles. The molecule has 0 heterocycles. The number of aliphatic hydroxyl groups excluding tert-OH is 1. The molecule has 0 aromatic heterocycles. The highest BCUT2D eigenvalue weighted by Crippen LogP contribution is 2.28. The molecule has 18 heavy (non-hydrogen) atoms. The summed E-state index contributed by atoms with van der Waals surface area (Å²) in [4.78, 5) is 0. The minimum atomic E-state index is -0.321. The lowest BCUT2D eigenvalue weighted by Crippen LogP contribution is -2.18. The monoisotopic (exact) mass is 250 g/mol. The minimum Gasteiger partial charge on any atom is -0.491 e. The molecule has 1 rings (SSSR count). The van der Waals surface area contributed by atoms with Crippen LogP contribution in [0.3, 0.4) is 0 Å². The van der Waals surface area contributed by atoms with Crippen LogP contribution in [-0.4, -0.2) is 17.3 Å². The third-order valence-electron chi connectivity index (χ3n) is 3.53. The van der Waals surface area contributed by atoms with E-state index >= 15 is 0 Å². The maximum atomic E-state index is 9.30. The first kappa shape index (κ1) is 15.0. The molecule has 0 amide bonds. The van der Waals surface area contributed by atoms with Crippen molar-refractivity contribution < 1.29 is 9.84 Å². The van der Waals surface area contributed by atoms with Crippen molar-refractivity contribution >= 4 is 0 Å². The molecule has 1 aromatic rings. The van der Waals surface area contributed by atoms with E-state index < -0.39 is 0 Å². The Morgan fingerprint density at radius 1 is 1.17 bits per heavy atom. The molecule has 0 fully saturated rings. The van der Waals surface area contributed by atoms with E-state index in [2.05, 4.69) is 32.9 Å². The van der Waals surface area contributed by atoms with Crippen LogP contribution in [0.25, 0.3) is 0 Å². The molecule has 1 N–H and O–H groups in total. The van der Waals surface area contributed by atoms with Crippen molar-refractivity contribution in [2.24, 2.45) is 0 Å². The van der Waals surface area contributed by atoms with E-state index in [0.717, 1.165) is 12.2 Å². The van der Waals surface area contributed by atoms with Gasteiger partial charge in [0.25, 0.3) is 0 Å². The molecule has 0 aliphatic rings. The highest BCUT2D eigenvalue weighted by atomic mass is 16.5. The first-order chi connectivity index (χ1) is 8.35. The van der Waals surface area contributed by atoms with Crippen molar-refractivity contribution in [3.05, 3.63) is 29.8 Å². The SMILES string of the molecule is CCC(C)(C)c1ccc(OC(C)CC(C)O)cc1. The molecule has 0 aliphatic heterocycles. The third-order valence-corrected chi connectivity index (χ3v) is 3.53. The fraction of sp³-hybridized carbons (Fsp3) is 0.625. The summed E-state index contributed by atoms with van der Waals surface area (Å²) in [5, 5.41) is 9.30. The van der Waals surface area contributed by atoms with Crippen molar-refractivity contribution in [3.63, 3.8) is 0 Å². The molecular weight excluding hydrogens is 224 g/mol. The summed E-state index contributed by atoms with van der Waals surface area (Å²) in [5.74, 6) is 0.874. The van der Waals surface area contributed by atoms with Crippen LogP contribution in [-0.2, 0) is 5.41 Å². The van der Waals surface area contributed by atoms with Crippen molar-refractivity contribution in [1.82, 2.24) is 0 Å². The Hall–Kier alpha value is -1.02. The molecule has 0 bridgehead atoms. The largest absolute Gasteiger partial charge is 0.491 e. The van der Waals surface area contributed by atoms with Crippen molar-refractivity contribution in [1.29, 1.82) is 0 Å². The van der Waals surface area contributed by atoms with Crippen LogP contribution in [0.5, 0.6) is 5.75 Å². The van der Waals surface area contributed by atoms with Gasteiger partial charge in [0.15, 0.2) is 0 Å². The second kappa shape index (κ2) is 6.24. The average molecular weight is 250 g/mol. The topological polar surface area (TPSA) is 29.5 Å². The molecule has 102 valence electrons. The zero-order chi connectivity index (χ0) is 13.8. The molecule has 2 nitrogen and oxygen atoms in total. The number of rotatable bonds is 6. The van der Waals surface area contributed by atoms with Gasteiger partial charge in [0.2, 0.25) is 0 Å². The van der Waals surface area contributed by atoms with Crippen LogP contribution in [0.15, 0.2) is 24.3 Å². The Kier molecular flexibility index (Phi) is 5.21. The summed E-state index contributed by atoms with van der Waals surface area (Å²) >= 11 is 0. The fourth-order valence-corrected chi connectivity index (χ4v) is 1.95. The summed E-state index contributed by atoms with van der Waals surface area (Å²) in [5.41, 5.74) is 1.55.